The van der Waals surface area contributed by atoms with E-state index in [2.05, 4.69) is 42.8 Å². The van der Waals surface area contributed by atoms with Gasteiger partial charge in [-0.15, -0.1) is 0 Å². The normalized spacial score (nSPS) is 26.5. The van der Waals surface area contributed by atoms with E-state index in [1.165, 1.54) is 5.56 Å². The van der Waals surface area contributed by atoms with E-state index in [1.807, 2.05) is 24.3 Å². The van der Waals surface area contributed by atoms with Gasteiger partial charge >= 0.3 is 0 Å². The van der Waals surface area contributed by atoms with Gasteiger partial charge in [-0.05, 0) is 56.8 Å². The molecule has 2 amide bonds. The Morgan fingerprint density at radius 2 is 1.77 bits per heavy atom. The molecule has 31 heavy (non-hydrogen) atoms. The molecule has 2 heterocycles. The standard InChI is InChI=1S/C24H38N4O3/c1-16(2)22(28-12-17(3)31-18(4)13-28)24(30)26-21-9-7-19(8-10-21)14-27-11-5-6-20(15-27)23(25)29/h7-10,16-18,20,22H,5-6,11-15H2,1-4H3,(H2,25,29)(H,26,30). The lowest BCUT2D eigenvalue weighted by molar-refractivity contribution is -0.130. The molecule has 2 aliphatic heterocycles. The molecular formula is C24H38N4O3. The van der Waals surface area contributed by atoms with Crippen LogP contribution in [0.5, 0.6) is 0 Å². The number of hydrogen-bond donors (Lipinski definition) is 2. The van der Waals surface area contributed by atoms with Crippen molar-refractivity contribution in [3.63, 3.8) is 0 Å². The van der Waals surface area contributed by atoms with Crippen LogP contribution in [0.2, 0.25) is 0 Å². The van der Waals surface area contributed by atoms with Gasteiger partial charge in [0.15, 0.2) is 0 Å². The van der Waals surface area contributed by atoms with Crippen LogP contribution in [0.4, 0.5) is 5.69 Å². The predicted octanol–water partition coefficient (Wildman–Crippen LogP) is 2.46. The maximum atomic E-state index is 13.1. The van der Waals surface area contributed by atoms with Gasteiger partial charge in [-0.2, -0.15) is 0 Å². The van der Waals surface area contributed by atoms with Crippen molar-refractivity contribution >= 4 is 17.5 Å². The fourth-order valence-electron chi connectivity index (χ4n) is 4.93. The summed E-state index contributed by atoms with van der Waals surface area (Å²) in [7, 11) is 0. The first-order valence-corrected chi connectivity index (χ1v) is 11.5. The number of ether oxygens (including phenoxy) is 1. The van der Waals surface area contributed by atoms with Gasteiger partial charge in [0.2, 0.25) is 11.8 Å². The number of carbonyl (C=O) groups is 2. The molecule has 3 N–H and O–H groups in total. The first-order chi connectivity index (χ1) is 14.7. The van der Waals surface area contributed by atoms with Crippen LogP contribution in [0.1, 0.15) is 46.1 Å². The summed E-state index contributed by atoms with van der Waals surface area (Å²) in [4.78, 5) is 29.1. The molecular weight excluding hydrogens is 392 g/mol. The van der Waals surface area contributed by atoms with Crippen LogP contribution in [-0.4, -0.2) is 66.0 Å². The van der Waals surface area contributed by atoms with Crippen molar-refractivity contribution in [2.45, 2.75) is 65.3 Å². The van der Waals surface area contributed by atoms with Crippen molar-refractivity contribution in [2.75, 3.05) is 31.5 Å². The number of carbonyl (C=O) groups excluding carboxylic acids is 2. The van der Waals surface area contributed by atoms with E-state index in [4.69, 9.17) is 10.5 Å². The fraction of sp³-hybridized carbons (Fsp3) is 0.667. The second-order valence-electron chi connectivity index (χ2n) is 9.56. The molecule has 7 nitrogen and oxygen atoms in total. The lowest BCUT2D eigenvalue weighted by Gasteiger charge is -2.41. The number of piperidine rings is 1. The molecule has 0 aromatic heterocycles. The minimum atomic E-state index is -0.202. The molecule has 7 heteroatoms. The Bertz CT molecular complexity index is 742. The SMILES string of the molecule is CC1CN(C(C(=O)Nc2ccc(CN3CCCC(C(N)=O)C3)cc2)C(C)C)CC(C)O1. The monoisotopic (exact) mass is 430 g/mol. The smallest absolute Gasteiger partial charge is 0.241 e. The summed E-state index contributed by atoms with van der Waals surface area (Å²) < 4.78 is 5.84. The van der Waals surface area contributed by atoms with Gasteiger partial charge in [-0.3, -0.25) is 19.4 Å². The Kier molecular flexibility index (Phi) is 8.08. The molecule has 0 spiro atoms. The van der Waals surface area contributed by atoms with Crippen LogP contribution in [0.15, 0.2) is 24.3 Å². The number of anilines is 1. The zero-order valence-corrected chi connectivity index (χ0v) is 19.3. The number of benzene rings is 1. The lowest BCUT2D eigenvalue weighted by Crippen LogP contribution is -2.55. The summed E-state index contributed by atoms with van der Waals surface area (Å²) in [6.45, 7) is 12.3. The van der Waals surface area contributed by atoms with Crippen molar-refractivity contribution in [2.24, 2.45) is 17.6 Å². The van der Waals surface area contributed by atoms with Gasteiger partial charge in [0.1, 0.15) is 0 Å². The molecule has 0 saturated carbocycles. The lowest BCUT2D eigenvalue weighted by atomic mass is 9.97. The van der Waals surface area contributed by atoms with E-state index < -0.39 is 0 Å². The van der Waals surface area contributed by atoms with Gasteiger partial charge in [-0.25, -0.2) is 0 Å². The molecule has 172 valence electrons. The molecule has 1 aromatic rings. The van der Waals surface area contributed by atoms with E-state index in [0.29, 0.717) is 0 Å². The van der Waals surface area contributed by atoms with Crippen LogP contribution >= 0.6 is 0 Å². The predicted molar refractivity (Wildman–Crippen MR) is 122 cm³/mol. The molecule has 2 saturated heterocycles. The summed E-state index contributed by atoms with van der Waals surface area (Å²) in [6.07, 6.45) is 2.13. The summed E-state index contributed by atoms with van der Waals surface area (Å²) in [5.41, 5.74) is 7.46. The van der Waals surface area contributed by atoms with Crippen molar-refractivity contribution < 1.29 is 14.3 Å². The minimum Gasteiger partial charge on any atom is -0.373 e. The number of rotatable bonds is 7. The van der Waals surface area contributed by atoms with Crippen LogP contribution in [-0.2, 0) is 20.9 Å². The Balaban J connectivity index is 1.59. The number of nitrogens with zero attached hydrogens (tertiary/aromatic N) is 2. The highest BCUT2D eigenvalue weighted by molar-refractivity contribution is 5.95. The third kappa shape index (κ3) is 6.51. The van der Waals surface area contributed by atoms with Crippen molar-refractivity contribution in [3.05, 3.63) is 29.8 Å². The van der Waals surface area contributed by atoms with Crippen molar-refractivity contribution in [1.29, 1.82) is 0 Å². The molecule has 0 aliphatic carbocycles. The highest BCUT2D eigenvalue weighted by Gasteiger charge is 2.34. The number of amides is 2. The van der Waals surface area contributed by atoms with Gasteiger partial charge < -0.3 is 15.8 Å². The van der Waals surface area contributed by atoms with E-state index in [9.17, 15) is 9.59 Å². The average Bonchev–Trinajstić information content (AvgIpc) is 2.69. The minimum absolute atomic E-state index is 0.0318. The van der Waals surface area contributed by atoms with Crippen LogP contribution in [0.3, 0.4) is 0 Å². The second kappa shape index (κ2) is 10.6. The van der Waals surface area contributed by atoms with E-state index in [0.717, 1.165) is 51.3 Å². The number of morpholine rings is 1. The average molecular weight is 431 g/mol. The van der Waals surface area contributed by atoms with Gasteiger partial charge in [0.05, 0.1) is 24.2 Å². The highest BCUT2D eigenvalue weighted by atomic mass is 16.5. The second-order valence-corrected chi connectivity index (χ2v) is 9.56. The number of nitrogens with two attached hydrogens (primary N) is 1. The summed E-state index contributed by atoms with van der Waals surface area (Å²) in [5.74, 6) is -0.0177. The molecule has 1 aromatic carbocycles. The highest BCUT2D eigenvalue weighted by Crippen LogP contribution is 2.22. The summed E-state index contributed by atoms with van der Waals surface area (Å²) in [6, 6.07) is 7.84. The Morgan fingerprint density at radius 3 is 2.35 bits per heavy atom. The molecule has 0 radical (unpaired) electrons. The van der Waals surface area contributed by atoms with Crippen LogP contribution in [0, 0.1) is 11.8 Å². The maximum Gasteiger partial charge on any atom is 0.241 e. The third-order valence-corrected chi connectivity index (χ3v) is 6.28. The zero-order valence-electron chi connectivity index (χ0n) is 19.3. The number of likely N-dealkylation sites (tertiary alicyclic amines) is 1. The maximum absolute atomic E-state index is 13.1. The molecule has 0 bridgehead atoms. The Hall–Kier alpha value is -1.96. The van der Waals surface area contributed by atoms with Gasteiger partial charge in [0.25, 0.3) is 0 Å². The number of primary amides is 1. The van der Waals surface area contributed by atoms with Crippen LogP contribution < -0.4 is 11.1 Å². The number of hydrogen-bond acceptors (Lipinski definition) is 5. The quantitative estimate of drug-likeness (QED) is 0.694. The van der Waals surface area contributed by atoms with Gasteiger partial charge in [-0.1, -0.05) is 26.0 Å². The third-order valence-electron chi connectivity index (χ3n) is 6.28. The van der Waals surface area contributed by atoms with E-state index >= 15 is 0 Å². The fourth-order valence-corrected chi connectivity index (χ4v) is 4.93. The van der Waals surface area contributed by atoms with Gasteiger partial charge in [0, 0.05) is 31.9 Å². The zero-order chi connectivity index (χ0) is 22.5. The summed E-state index contributed by atoms with van der Waals surface area (Å²) in [5, 5.41) is 3.11. The number of nitrogens with one attached hydrogen (secondary N) is 1. The van der Waals surface area contributed by atoms with E-state index in [1.54, 1.807) is 0 Å². The first-order valence-electron chi connectivity index (χ1n) is 11.5. The molecule has 4 atom stereocenters. The Morgan fingerprint density at radius 1 is 1.13 bits per heavy atom. The topological polar surface area (TPSA) is 87.9 Å². The van der Waals surface area contributed by atoms with Crippen molar-refractivity contribution in [1.82, 2.24) is 9.80 Å². The molecule has 2 aliphatic rings. The first kappa shape index (κ1) is 23.7. The molecule has 3 rings (SSSR count). The largest absolute Gasteiger partial charge is 0.373 e. The Labute approximate surface area is 186 Å². The molecule has 4 unspecified atom stereocenters. The van der Waals surface area contributed by atoms with Crippen molar-refractivity contribution in [3.8, 4) is 0 Å². The summed E-state index contributed by atoms with van der Waals surface area (Å²) >= 11 is 0. The molecule has 2 fully saturated rings. The van der Waals surface area contributed by atoms with Crippen LogP contribution in [0.25, 0.3) is 0 Å². The van der Waals surface area contributed by atoms with E-state index in [-0.39, 0.29) is 41.9 Å².